The molecule has 0 aromatic carbocycles. The van der Waals surface area contributed by atoms with E-state index in [0.717, 1.165) is 25.6 Å². The molecule has 2 rings (SSSR count). The van der Waals surface area contributed by atoms with E-state index >= 15 is 0 Å². The second-order valence-electron chi connectivity index (χ2n) is 7.47. The molecular formula is C15H29FN2. The third-order valence-electron chi connectivity index (χ3n) is 4.73. The quantitative estimate of drug-likeness (QED) is 0.832. The Morgan fingerprint density at radius 2 is 2.00 bits per heavy atom. The number of nitrogens with zero attached hydrogens (tertiary/aromatic N) is 1. The van der Waals surface area contributed by atoms with Crippen LogP contribution in [0.2, 0.25) is 0 Å². The summed E-state index contributed by atoms with van der Waals surface area (Å²) in [4.78, 5) is 2.54. The first-order chi connectivity index (χ1) is 8.37. The minimum absolute atomic E-state index is 0.194. The normalized spacial score (nSPS) is 34.8. The largest absolute Gasteiger partial charge is 0.308 e. The van der Waals surface area contributed by atoms with Crippen molar-refractivity contribution in [1.29, 1.82) is 0 Å². The second-order valence-corrected chi connectivity index (χ2v) is 7.47. The summed E-state index contributed by atoms with van der Waals surface area (Å²) < 4.78 is 12.5. The highest BCUT2D eigenvalue weighted by atomic mass is 19.1. The third kappa shape index (κ3) is 3.05. The minimum atomic E-state index is -0.194. The van der Waals surface area contributed by atoms with Crippen LogP contribution in [0, 0.1) is 11.3 Å². The molecule has 1 saturated heterocycles. The van der Waals surface area contributed by atoms with Gasteiger partial charge in [0.1, 0.15) is 0 Å². The fourth-order valence-corrected chi connectivity index (χ4v) is 3.39. The van der Waals surface area contributed by atoms with Crippen LogP contribution in [0.3, 0.4) is 0 Å². The number of hydrogen-bond donors (Lipinski definition) is 1. The molecular weight excluding hydrogens is 227 g/mol. The molecule has 0 aromatic heterocycles. The molecule has 2 nitrogen and oxygen atoms in total. The van der Waals surface area contributed by atoms with E-state index < -0.39 is 0 Å². The first kappa shape index (κ1) is 14.3. The van der Waals surface area contributed by atoms with Crippen LogP contribution in [-0.4, -0.2) is 42.8 Å². The van der Waals surface area contributed by atoms with Crippen LogP contribution in [0.4, 0.5) is 4.39 Å². The molecule has 2 fully saturated rings. The maximum absolute atomic E-state index is 12.5. The molecule has 2 atom stereocenters. The zero-order valence-electron chi connectivity index (χ0n) is 12.4. The molecule has 0 aromatic rings. The molecule has 18 heavy (non-hydrogen) atoms. The lowest BCUT2D eigenvalue weighted by atomic mass is 9.80. The summed E-state index contributed by atoms with van der Waals surface area (Å²) in [7, 11) is 0. The number of alkyl halides is 1. The lowest BCUT2D eigenvalue weighted by Gasteiger charge is -2.51. The molecule has 2 aliphatic rings. The summed E-state index contributed by atoms with van der Waals surface area (Å²) in [5.74, 6) is 0.839. The lowest BCUT2D eigenvalue weighted by molar-refractivity contribution is 0.0186. The molecule has 0 bridgehead atoms. The predicted molar refractivity (Wildman–Crippen MR) is 74.5 cm³/mol. The molecule has 0 spiro atoms. The Labute approximate surface area is 111 Å². The van der Waals surface area contributed by atoms with E-state index in [0.29, 0.717) is 12.5 Å². The zero-order chi connectivity index (χ0) is 13.4. The van der Waals surface area contributed by atoms with Crippen LogP contribution < -0.4 is 5.32 Å². The highest BCUT2D eigenvalue weighted by Gasteiger charge is 2.47. The fraction of sp³-hybridized carbons (Fsp3) is 1.00. The van der Waals surface area contributed by atoms with E-state index in [2.05, 4.69) is 37.9 Å². The Hall–Kier alpha value is -0.150. The first-order valence-electron chi connectivity index (χ1n) is 7.42. The highest BCUT2D eigenvalue weighted by Crippen LogP contribution is 2.42. The molecule has 1 heterocycles. The van der Waals surface area contributed by atoms with Crippen molar-refractivity contribution in [1.82, 2.24) is 10.2 Å². The molecule has 0 amide bonds. The van der Waals surface area contributed by atoms with Gasteiger partial charge in [-0.3, -0.25) is 9.29 Å². The van der Waals surface area contributed by atoms with Crippen molar-refractivity contribution in [2.24, 2.45) is 11.3 Å². The van der Waals surface area contributed by atoms with Gasteiger partial charge in [0, 0.05) is 31.2 Å². The van der Waals surface area contributed by atoms with E-state index in [1.165, 1.54) is 12.8 Å². The standard InChI is InChI=1S/C15H29FN2/c1-14(2,3)13-10-17-15(4,12-6-7-12)11-18(13)9-5-8-16/h12-13,17H,5-11H2,1-4H3. The monoisotopic (exact) mass is 256 g/mol. The van der Waals surface area contributed by atoms with E-state index in [4.69, 9.17) is 0 Å². The Morgan fingerprint density at radius 3 is 2.50 bits per heavy atom. The zero-order valence-corrected chi connectivity index (χ0v) is 12.4. The summed E-state index contributed by atoms with van der Waals surface area (Å²) in [6, 6.07) is 0.524. The molecule has 1 saturated carbocycles. The average Bonchev–Trinajstić information content (AvgIpc) is 3.08. The van der Waals surface area contributed by atoms with Gasteiger partial charge in [-0.25, -0.2) is 0 Å². The summed E-state index contributed by atoms with van der Waals surface area (Å²) in [5, 5.41) is 3.79. The number of halogens is 1. The van der Waals surface area contributed by atoms with Gasteiger partial charge in [-0.1, -0.05) is 20.8 Å². The third-order valence-corrected chi connectivity index (χ3v) is 4.73. The van der Waals surface area contributed by atoms with Gasteiger partial charge in [-0.15, -0.1) is 0 Å². The summed E-state index contributed by atoms with van der Waals surface area (Å²) in [6.07, 6.45) is 3.40. The Morgan fingerprint density at radius 1 is 1.33 bits per heavy atom. The topological polar surface area (TPSA) is 15.3 Å². The fourth-order valence-electron chi connectivity index (χ4n) is 3.39. The maximum Gasteiger partial charge on any atom is 0.0906 e. The second kappa shape index (κ2) is 5.09. The van der Waals surface area contributed by atoms with Crippen molar-refractivity contribution in [2.75, 3.05) is 26.3 Å². The minimum Gasteiger partial charge on any atom is -0.308 e. The van der Waals surface area contributed by atoms with Crippen LogP contribution in [-0.2, 0) is 0 Å². The molecule has 2 unspecified atom stereocenters. The van der Waals surface area contributed by atoms with Gasteiger partial charge >= 0.3 is 0 Å². The highest BCUT2D eigenvalue weighted by molar-refractivity contribution is 5.05. The number of hydrogen-bond acceptors (Lipinski definition) is 2. The predicted octanol–water partition coefficient (Wildman–Crippen LogP) is 2.83. The first-order valence-corrected chi connectivity index (χ1v) is 7.42. The van der Waals surface area contributed by atoms with Crippen LogP contribution >= 0.6 is 0 Å². The van der Waals surface area contributed by atoms with Gasteiger partial charge in [0.2, 0.25) is 0 Å². The van der Waals surface area contributed by atoms with Gasteiger partial charge in [-0.05, 0) is 37.5 Å². The Bertz CT molecular complexity index is 283. The lowest BCUT2D eigenvalue weighted by Crippen LogP contribution is -2.66. The number of nitrogens with one attached hydrogen (secondary N) is 1. The molecule has 1 aliphatic carbocycles. The number of rotatable bonds is 4. The van der Waals surface area contributed by atoms with Crippen LogP contribution in [0.5, 0.6) is 0 Å². The van der Waals surface area contributed by atoms with E-state index in [9.17, 15) is 4.39 Å². The maximum atomic E-state index is 12.5. The van der Waals surface area contributed by atoms with Crippen molar-refractivity contribution in [3.63, 3.8) is 0 Å². The van der Waals surface area contributed by atoms with Crippen LogP contribution in [0.25, 0.3) is 0 Å². The van der Waals surface area contributed by atoms with Crippen LogP contribution in [0.15, 0.2) is 0 Å². The number of piperazine rings is 1. The Balaban J connectivity index is 2.04. The van der Waals surface area contributed by atoms with E-state index in [-0.39, 0.29) is 17.6 Å². The van der Waals surface area contributed by atoms with Gasteiger partial charge in [0.25, 0.3) is 0 Å². The summed E-state index contributed by atoms with van der Waals surface area (Å²) in [5.41, 5.74) is 0.520. The van der Waals surface area contributed by atoms with Gasteiger partial charge in [0.05, 0.1) is 6.67 Å². The van der Waals surface area contributed by atoms with Crippen molar-refractivity contribution in [3.05, 3.63) is 0 Å². The molecule has 106 valence electrons. The van der Waals surface area contributed by atoms with Crippen molar-refractivity contribution >= 4 is 0 Å². The van der Waals surface area contributed by atoms with Crippen molar-refractivity contribution in [3.8, 4) is 0 Å². The Kier molecular flexibility index (Phi) is 4.03. The summed E-state index contributed by atoms with van der Waals surface area (Å²) in [6.45, 7) is 12.1. The average molecular weight is 256 g/mol. The summed E-state index contributed by atoms with van der Waals surface area (Å²) >= 11 is 0. The van der Waals surface area contributed by atoms with Gasteiger partial charge < -0.3 is 5.32 Å². The van der Waals surface area contributed by atoms with Gasteiger partial charge in [-0.2, -0.15) is 0 Å². The van der Waals surface area contributed by atoms with Crippen molar-refractivity contribution < 1.29 is 4.39 Å². The van der Waals surface area contributed by atoms with E-state index in [1.807, 2.05) is 0 Å². The molecule has 0 radical (unpaired) electrons. The van der Waals surface area contributed by atoms with Crippen LogP contribution in [0.1, 0.15) is 47.0 Å². The van der Waals surface area contributed by atoms with Gasteiger partial charge in [0.15, 0.2) is 0 Å². The van der Waals surface area contributed by atoms with Crippen molar-refractivity contribution in [2.45, 2.75) is 58.5 Å². The smallest absolute Gasteiger partial charge is 0.0906 e. The molecule has 1 aliphatic heterocycles. The SMILES string of the molecule is CC(C)(C)C1CNC(C)(C2CC2)CN1CCCF. The molecule has 1 N–H and O–H groups in total. The van der Waals surface area contributed by atoms with E-state index in [1.54, 1.807) is 0 Å². The molecule has 3 heteroatoms.